The molecule has 4 N–H and O–H groups in total. The summed E-state index contributed by atoms with van der Waals surface area (Å²) in [6.07, 6.45) is 6.18. The number of rotatable bonds is 14. The second-order valence-corrected chi connectivity index (χ2v) is 7.41. The van der Waals surface area contributed by atoms with E-state index in [9.17, 15) is 20.4 Å². The van der Waals surface area contributed by atoms with Gasteiger partial charge >= 0.3 is 0 Å². The molecule has 0 amide bonds. The molecule has 0 bridgehead atoms. The normalized spacial score (nSPS) is 28.2. The number of aliphatic hydroxyl groups excluding tert-OH is 4. The summed E-state index contributed by atoms with van der Waals surface area (Å²) in [7, 11) is 0. The van der Waals surface area contributed by atoms with Crippen molar-refractivity contribution in [3.8, 4) is 0 Å². The van der Waals surface area contributed by atoms with E-state index in [2.05, 4.69) is 13.5 Å². The van der Waals surface area contributed by atoms with E-state index < -0.39 is 24.4 Å². The van der Waals surface area contributed by atoms with E-state index in [1.165, 1.54) is 12.8 Å². The molecule has 154 valence electrons. The lowest BCUT2D eigenvalue weighted by molar-refractivity contribution is -0.145. The minimum Gasteiger partial charge on any atom is -0.395 e. The van der Waals surface area contributed by atoms with E-state index in [1.54, 1.807) is 0 Å². The highest BCUT2D eigenvalue weighted by molar-refractivity contribution is 4.93. The highest BCUT2D eigenvalue weighted by Crippen LogP contribution is 2.19. The molecular formula is C20H39NO5. The summed E-state index contributed by atoms with van der Waals surface area (Å²) < 4.78 is 5.70. The standard InChI is InChI=1S/C20H39NO5/c1-3-9-16(4-2)10-8-13-26-12-7-5-6-11-21-14-18(23)20(25)19(24)17(21)15-22/h3,16-20,22-25H,1,4-15H2,2H3/t16?,17-,18+,19-,20-/m1/s1. The average molecular weight is 374 g/mol. The molecular weight excluding hydrogens is 334 g/mol. The Morgan fingerprint density at radius 3 is 2.50 bits per heavy atom. The van der Waals surface area contributed by atoms with Crippen LogP contribution in [0, 0.1) is 5.92 Å². The summed E-state index contributed by atoms with van der Waals surface area (Å²) in [6.45, 7) is 8.33. The highest BCUT2D eigenvalue weighted by atomic mass is 16.5. The Kier molecular flexibility index (Phi) is 12.3. The van der Waals surface area contributed by atoms with Gasteiger partial charge in [0.25, 0.3) is 0 Å². The van der Waals surface area contributed by atoms with E-state index in [1.807, 2.05) is 11.0 Å². The summed E-state index contributed by atoms with van der Waals surface area (Å²) >= 11 is 0. The van der Waals surface area contributed by atoms with Gasteiger partial charge in [-0.15, -0.1) is 6.58 Å². The number of hydrogen-bond acceptors (Lipinski definition) is 6. The van der Waals surface area contributed by atoms with E-state index in [-0.39, 0.29) is 13.2 Å². The van der Waals surface area contributed by atoms with Gasteiger partial charge in [-0.3, -0.25) is 4.90 Å². The van der Waals surface area contributed by atoms with Crippen LogP contribution < -0.4 is 0 Å². The van der Waals surface area contributed by atoms with Gasteiger partial charge in [0.05, 0.1) is 18.8 Å². The Balaban J connectivity index is 2.07. The molecule has 0 aromatic heterocycles. The average Bonchev–Trinajstić information content (AvgIpc) is 2.64. The number of hydrogen-bond donors (Lipinski definition) is 4. The number of piperidine rings is 1. The van der Waals surface area contributed by atoms with Crippen LogP contribution in [0.25, 0.3) is 0 Å². The van der Waals surface area contributed by atoms with Gasteiger partial charge in [-0.05, 0) is 51.0 Å². The summed E-state index contributed by atoms with van der Waals surface area (Å²) in [5.74, 6) is 0.726. The number of likely N-dealkylation sites (tertiary alicyclic amines) is 1. The maximum Gasteiger partial charge on any atom is 0.109 e. The van der Waals surface area contributed by atoms with Crippen LogP contribution in [0.5, 0.6) is 0 Å². The molecule has 1 unspecified atom stereocenters. The molecule has 26 heavy (non-hydrogen) atoms. The van der Waals surface area contributed by atoms with Crippen molar-refractivity contribution < 1.29 is 25.2 Å². The third kappa shape index (κ3) is 8.03. The van der Waals surface area contributed by atoms with E-state index in [4.69, 9.17) is 4.74 Å². The van der Waals surface area contributed by atoms with Crippen LogP contribution in [0.15, 0.2) is 12.7 Å². The Hall–Kier alpha value is -0.500. The molecule has 0 aromatic carbocycles. The largest absolute Gasteiger partial charge is 0.395 e. The molecule has 1 aliphatic heterocycles. The predicted octanol–water partition coefficient (Wildman–Crippen LogP) is 1.31. The van der Waals surface area contributed by atoms with Crippen LogP contribution in [0.4, 0.5) is 0 Å². The van der Waals surface area contributed by atoms with Gasteiger partial charge in [-0.1, -0.05) is 19.4 Å². The van der Waals surface area contributed by atoms with Crippen molar-refractivity contribution in [1.82, 2.24) is 4.90 Å². The predicted molar refractivity (Wildman–Crippen MR) is 103 cm³/mol. The van der Waals surface area contributed by atoms with Gasteiger partial charge in [-0.2, -0.15) is 0 Å². The fourth-order valence-corrected chi connectivity index (χ4v) is 3.63. The van der Waals surface area contributed by atoms with Gasteiger partial charge in [0.15, 0.2) is 0 Å². The highest BCUT2D eigenvalue weighted by Gasteiger charge is 2.40. The van der Waals surface area contributed by atoms with Crippen molar-refractivity contribution in [1.29, 1.82) is 0 Å². The van der Waals surface area contributed by atoms with E-state index in [0.29, 0.717) is 6.54 Å². The first kappa shape index (κ1) is 23.5. The van der Waals surface area contributed by atoms with Crippen LogP contribution in [0.3, 0.4) is 0 Å². The number of aliphatic hydroxyl groups is 4. The number of allylic oxidation sites excluding steroid dienone is 1. The summed E-state index contributed by atoms with van der Waals surface area (Å²) in [5.41, 5.74) is 0. The summed E-state index contributed by atoms with van der Waals surface area (Å²) in [5, 5.41) is 38.9. The maximum atomic E-state index is 9.95. The zero-order chi connectivity index (χ0) is 19.4. The van der Waals surface area contributed by atoms with Crippen LogP contribution in [-0.4, -0.2) is 82.6 Å². The van der Waals surface area contributed by atoms with Crippen molar-refractivity contribution in [2.75, 3.05) is 32.9 Å². The molecule has 0 aromatic rings. The smallest absolute Gasteiger partial charge is 0.109 e. The first-order valence-corrected chi connectivity index (χ1v) is 10.1. The first-order chi connectivity index (χ1) is 12.5. The van der Waals surface area contributed by atoms with Gasteiger partial charge in [0, 0.05) is 19.8 Å². The molecule has 1 rings (SSSR count). The topological polar surface area (TPSA) is 93.4 Å². The lowest BCUT2D eigenvalue weighted by Crippen LogP contribution is -2.62. The number of nitrogens with zero attached hydrogens (tertiary/aromatic N) is 1. The zero-order valence-electron chi connectivity index (χ0n) is 16.3. The zero-order valence-corrected chi connectivity index (χ0v) is 16.3. The number of β-amino-alcohol motifs (C(OH)–C–C–N with tert-alkyl or cyclic N) is 1. The minimum absolute atomic E-state index is 0.224. The SMILES string of the molecule is C=CCC(CC)CCCOCCCCCN1C[C@H](O)[C@@H](O)[C@H](O)[C@H]1CO. The molecule has 1 aliphatic rings. The molecule has 1 fully saturated rings. The van der Waals surface area contributed by atoms with Crippen LogP contribution in [0.2, 0.25) is 0 Å². The quantitative estimate of drug-likeness (QED) is 0.271. The summed E-state index contributed by atoms with van der Waals surface area (Å²) in [4.78, 5) is 1.87. The maximum absolute atomic E-state index is 9.95. The van der Waals surface area contributed by atoms with Crippen molar-refractivity contribution in [2.45, 2.75) is 76.2 Å². The molecule has 0 aliphatic carbocycles. The van der Waals surface area contributed by atoms with Gasteiger partial charge in [-0.25, -0.2) is 0 Å². The molecule has 6 heteroatoms. The molecule has 1 heterocycles. The van der Waals surface area contributed by atoms with Crippen LogP contribution >= 0.6 is 0 Å². The Morgan fingerprint density at radius 2 is 1.85 bits per heavy atom. The van der Waals surface area contributed by atoms with Crippen molar-refractivity contribution >= 4 is 0 Å². The molecule has 0 spiro atoms. The van der Waals surface area contributed by atoms with Crippen LogP contribution in [0.1, 0.15) is 51.9 Å². The third-order valence-electron chi connectivity index (χ3n) is 5.43. The van der Waals surface area contributed by atoms with Gasteiger partial charge in [0.1, 0.15) is 12.2 Å². The number of ether oxygens (including phenoxy) is 1. The fourth-order valence-electron chi connectivity index (χ4n) is 3.63. The molecule has 6 nitrogen and oxygen atoms in total. The third-order valence-corrected chi connectivity index (χ3v) is 5.43. The van der Waals surface area contributed by atoms with Gasteiger partial charge < -0.3 is 25.2 Å². The number of unbranched alkanes of at least 4 members (excludes halogenated alkanes) is 2. The minimum atomic E-state index is -1.18. The molecule has 0 radical (unpaired) electrons. The van der Waals surface area contributed by atoms with Crippen LogP contribution in [-0.2, 0) is 4.74 Å². The van der Waals surface area contributed by atoms with Crippen molar-refractivity contribution in [3.05, 3.63) is 12.7 Å². The fraction of sp³-hybridized carbons (Fsp3) is 0.900. The van der Waals surface area contributed by atoms with E-state index in [0.717, 1.165) is 51.2 Å². The molecule has 1 saturated heterocycles. The Morgan fingerprint density at radius 1 is 1.12 bits per heavy atom. The molecule has 0 saturated carbocycles. The first-order valence-electron chi connectivity index (χ1n) is 10.1. The molecule has 5 atom stereocenters. The van der Waals surface area contributed by atoms with Crippen molar-refractivity contribution in [3.63, 3.8) is 0 Å². The second-order valence-electron chi connectivity index (χ2n) is 7.41. The monoisotopic (exact) mass is 373 g/mol. The lowest BCUT2D eigenvalue weighted by Gasteiger charge is -2.43. The van der Waals surface area contributed by atoms with E-state index >= 15 is 0 Å². The van der Waals surface area contributed by atoms with Gasteiger partial charge in [0.2, 0.25) is 0 Å². The lowest BCUT2D eigenvalue weighted by atomic mass is 9.94. The van der Waals surface area contributed by atoms with Crippen molar-refractivity contribution in [2.24, 2.45) is 5.92 Å². The summed E-state index contributed by atoms with van der Waals surface area (Å²) in [6, 6.07) is -0.508. The Bertz CT molecular complexity index is 368. The Labute approximate surface area is 158 Å². The second kappa shape index (κ2) is 13.6.